The fourth-order valence-electron chi connectivity index (χ4n) is 0.826. The van der Waals surface area contributed by atoms with Crippen molar-refractivity contribution in [3.05, 3.63) is 12.7 Å². The Morgan fingerprint density at radius 3 is 2.31 bits per heavy atom. The van der Waals surface area contributed by atoms with E-state index in [0.717, 1.165) is 6.08 Å². The van der Waals surface area contributed by atoms with Crippen molar-refractivity contribution >= 4 is 17.5 Å². The molecule has 0 spiro atoms. The van der Waals surface area contributed by atoms with Crippen LogP contribution in [0.1, 0.15) is 13.8 Å². The van der Waals surface area contributed by atoms with Gasteiger partial charge in [-0.15, -0.1) is 0 Å². The van der Waals surface area contributed by atoms with Crippen molar-refractivity contribution in [2.45, 2.75) is 13.8 Å². The second kappa shape index (κ2) is 5.24. The first-order valence-corrected chi connectivity index (χ1v) is 3.88. The van der Waals surface area contributed by atoms with Gasteiger partial charge in [0.05, 0.1) is 6.61 Å². The maximum absolute atomic E-state index is 11.1. The summed E-state index contributed by atoms with van der Waals surface area (Å²) in [4.78, 5) is 33.0. The molecule has 0 aliphatic rings. The van der Waals surface area contributed by atoms with Crippen molar-refractivity contribution in [2.24, 2.45) is 5.92 Å². The normalized spacial score (nSPS) is 11.5. The van der Waals surface area contributed by atoms with Crippen LogP contribution < -0.4 is 0 Å². The largest absolute Gasteiger partial charge is 0.465 e. The zero-order valence-corrected chi connectivity index (χ0v) is 7.70. The average Bonchev–Trinajstić information content (AvgIpc) is 2.04. The van der Waals surface area contributed by atoms with E-state index >= 15 is 0 Å². The quantitative estimate of drug-likeness (QED) is 0.355. The molecular weight excluding hydrogens is 172 g/mol. The van der Waals surface area contributed by atoms with Gasteiger partial charge in [0.15, 0.2) is 17.5 Å². The summed E-state index contributed by atoms with van der Waals surface area (Å²) < 4.78 is 4.56. The lowest BCUT2D eigenvalue weighted by molar-refractivity contribution is -0.153. The van der Waals surface area contributed by atoms with Crippen molar-refractivity contribution in [3.8, 4) is 0 Å². The SMILES string of the molecule is C=CC(=O)C(C(C)=O)C(=O)OCC. The number of ketones is 2. The minimum absolute atomic E-state index is 0.146. The summed E-state index contributed by atoms with van der Waals surface area (Å²) in [5, 5.41) is 0. The Bertz CT molecular complexity index is 242. The highest BCUT2D eigenvalue weighted by Gasteiger charge is 2.30. The van der Waals surface area contributed by atoms with Gasteiger partial charge in [-0.3, -0.25) is 14.4 Å². The average molecular weight is 184 g/mol. The fraction of sp³-hybridized carbons (Fsp3) is 0.444. The van der Waals surface area contributed by atoms with Crippen LogP contribution >= 0.6 is 0 Å². The third-order valence-electron chi connectivity index (χ3n) is 1.41. The molecule has 4 heteroatoms. The standard InChI is InChI=1S/C9H12O4/c1-4-7(11)8(6(3)10)9(12)13-5-2/h4,8H,1,5H2,2-3H3. The van der Waals surface area contributed by atoms with Crippen LogP contribution in [0.5, 0.6) is 0 Å². The number of hydrogen-bond donors (Lipinski definition) is 0. The highest BCUT2D eigenvalue weighted by atomic mass is 16.5. The molecule has 0 amide bonds. The first kappa shape index (κ1) is 11.6. The Labute approximate surface area is 76.6 Å². The van der Waals surface area contributed by atoms with Crippen LogP contribution in [-0.2, 0) is 19.1 Å². The zero-order chi connectivity index (χ0) is 10.4. The van der Waals surface area contributed by atoms with E-state index in [2.05, 4.69) is 11.3 Å². The highest BCUT2D eigenvalue weighted by molar-refractivity contribution is 6.19. The van der Waals surface area contributed by atoms with Gasteiger partial charge in [0.1, 0.15) is 0 Å². The number of esters is 1. The van der Waals surface area contributed by atoms with Gasteiger partial charge in [-0.1, -0.05) is 6.58 Å². The molecular formula is C9H12O4. The number of ether oxygens (including phenoxy) is 1. The minimum atomic E-state index is -1.34. The van der Waals surface area contributed by atoms with Gasteiger partial charge in [0.25, 0.3) is 0 Å². The third-order valence-corrected chi connectivity index (χ3v) is 1.41. The zero-order valence-electron chi connectivity index (χ0n) is 7.70. The fourth-order valence-corrected chi connectivity index (χ4v) is 0.826. The van der Waals surface area contributed by atoms with E-state index in [9.17, 15) is 14.4 Å². The van der Waals surface area contributed by atoms with Crippen molar-refractivity contribution in [2.75, 3.05) is 6.61 Å². The molecule has 0 rings (SSSR count). The predicted molar refractivity (Wildman–Crippen MR) is 46.0 cm³/mol. The van der Waals surface area contributed by atoms with Gasteiger partial charge in [-0.2, -0.15) is 0 Å². The molecule has 1 unspecified atom stereocenters. The van der Waals surface area contributed by atoms with Crippen LogP contribution in [0, 0.1) is 5.92 Å². The Balaban J connectivity index is 4.60. The molecule has 0 fully saturated rings. The Kier molecular flexibility index (Phi) is 4.66. The molecule has 1 atom stereocenters. The van der Waals surface area contributed by atoms with Gasteiger partial charge in [-0.25, -0.2) is 0 Å². The Morgan fingerprint density at radius 1 is 1.46 bits per heavy atom. The first-order valence-electron chi connectivity index (χ1n) is 3.88. The van der Waals surface area contributed by atoms with E-state index < -0.39 is 23.5 Å². The Morgan fingerprint density at radius 2 is 2.00 bits per heavy atom. The van der Waals surface area contributed by atoms with Crippen molar-refractivity contribution in [3.63, 3.8) is 0 Å². The maximum Gasteiger partial charge on any atom is 0.324 e. The summed E-state index contributed by atoms with van der Waals surface area (Å²) in [6.07, 6.45) is 0.947. The van der Waals surface area contributed by atoms with Crippen molar-refractivity contribution in [1.29, 1.82) is 0 Å². The molecule has 0 aliphatic heterocycles. The van der Waals surface area contributed by atoms with E-state index in [4.69, 9.17) is 0 Å². The van der Waals surface area contributed by atoms with Crippen LogP contribution in [0.3, 0.4) is 0 Å². The topological polar surface area (TPSA) is 60.4 Å². The first-order chi connectivity index (χ1) is 6.04. The van der Waals surface area contributed by atoms with Gasteiger partial charge in [0.2, 0.25) is 0 Å². The number of hydrogen-bond acceptors (Lipinski definition) is 4. The molecule has 0 aromatic heterocycles. The van der Waals surface area contributed by atoms with Crippen LogP contribution in [0.15, 0.2) is 12.7 Å². The maximum atomic E-state index is 11.1. The second-order valence-corrected chi connectivity index (χ2v) is 2.40. The summed E-state index contributed by atoms with van der Waals surface area (Å²) in [5.74, 6) is -3.29. The number of rotatable bonds is 5. The van der Waals surface area contributed by atoms with Crippen LogP contribution in [0.4, 0.5) is 0 Å². The van der Waals surface area contributed by atoms with Gasteiger partial charge in [0, 0.05) is 0 Å². The molecule has 0 radical (unpaired) electrons. The highest BCUT2D eigenvalue weighted by Crippen LogP contribution is 2.04. The lowest BCUT2D eigenvalue weighted by Gasteiger charge is -2.08. The molecule has 0 aromatic carbocycles. The molecule has 0 aromatic rings. The molecule has 0 aliphatic carbocycles. The van der Waals surface area contributed by atoms with Crippen LogP contribution in [0.2, 0.25) is 0 Å². The van der Waals surface area contributed by atoms with E-state index in [0.29, 0.717) is 0 Å². The number of carbonyl (C=O) groups is 3. The number of carbonyl (C=O) groups excluding carboxylic acids is 3. The van der Waals surface area contributed by atoms with E-state index in [1.54, 1.807) is 6.92 Å². The van der Waals surface area contributed by atoms with Crippen molar-refractivity contribution in [1.82, 2.24) is 0 Å². The van der Waals surface area contributed by atoms with Crippen LogP contribution in [0.25, 0.3) is 0 Å². The molecule has 0 N–H and O–H groups in total. The van der Waals surface area contributed by atoms with E-state index in [1.165, 1.54) is 6.92 Å². The minimum Gasteiger partial charge on any atom is -0.465 e. The molecule has 0 saturated heterocycles. The molecule has 72 valence electrons. The summed E-state index contributed by atoms with van der Waals surface area (Å²) in [6.45, 7) is 6.12. The number of allylic oxidation sites excluding steroid dienone is 1. The smallest absolute Gasteiger partial charge is 0.324 e. The second-order valence-electron chi connectivity index (χ2n) is 2.40. The van der Waals surface area contributed by atoms with Gasteiger partial charge >= 0.3 is 5.97 Å². The van der Waals surface area contributed by atoms with Gasteiger partial charge in [-0.05, 0) is 19.9 Å². The third kappa shape index (κ3) is 3.19. The summed E-state index contributed by atoms with van der Waals surface area (Å²) >= 11 is 0. The summed E-state index contributed by atoms with van der Waals surface area (Å²) in [5.41, 5.74) is 0. The Hall–Kier alpha value is -1.45. The van der Waals surface area contributed by atoms with Crippen LogP contribution in [-0.4, -0.2) is 24.1 Å². The van der Waals surface area contributed by atoms with Crippen molar-refractivity contribution < 1.29 is 19.1 Å². The molecule has 4 nitrogen and oxygen atoms in total. The van der Waals surface area contributed by atoms with E-state index in [1.807, 2.05) is 0 Å². The summed E-state index contributed by atoms with van der Waals surface area (Å²) in [7, 11) is 0. The lowest BCUT2D eigenvalue weighted by Crippen LogP contribution is -2.30. The predicted octanol–water partition coefficient (Wildman–Crippen LogP) is 0.510. The van der Waals surface area contributed by atoms with Gasteiger partial charge < -0.3 is 4.74 Å². The monoisotopic (exact) mass is 184 g/mol. The molecule has 0 saturated carbocycles. The lowest BCUT2D eigenvalue weighted by atomic mass is 10.0. The molecule has 0 heterocycles. The summed E-state index contributed by atoms with van der Waals surface area (Å²) in [6, 6.07) is 0. The molecule has 13 heavy (non-hydrogen) atoms. The number of Topliss-reactive ketones (excluding diaryl/α,β-unsaturated/α-hetero) is 1. The molecule has 0 bridgehead atoms. The van der Waals surface area contributed by atoms with E-state index in [-0.39, 0.29) is 6.61 Å².